The van der Waals surface area contributed by atoms with Gasteiger partial charge in [0.2, 0.25) is 0 Å². The highest BCUT2D eigenvalue weighted by Crippen LogP contribution is 2.41. The Labute approximate surface area is 107 Å². The number of carbonyl (C=O) groups is 1. The third-order valence-corrected chi connectivity index (χ3v) is 4.60. The molecule has 3 rings (SSSR count). The van der Waals surface area contributed by atoms with Crippen LogP contribution >= 0.6 is 0 Å². The van der Waals surface area contributed by atoms with Gasteiger partial charge in [0.05, 0.1) is 12.0 Å². The second-order valence-corrected chi connectivity index (χ2v) is 5.52. The number of benzene rings is 1. The molecule has 3 nitrogen and oxygen atoms in total. The summed E-state index contributed by atoms with van der Waals surface area (Å²) in [4.78, 5) is 14.5. The van der Waals surface area contributed by atoms with E-state index < -0.39 is 6.10 Å². The zero-order chi connectivity index (χ0) is 12.7. The summed E-state index contributed by atoms with van der Waals surface area (Å²) in [6, 6.07) is 10.2. The van der Waals surface area contributed by atoms with E-state index in [1.807, 2.05) is 30.3 Å². The number of hydrogen-bond donors (Lipinski definition) is 1. The van der Waals surface area contributed by atoms with Crippen molar-refractivity contribution < 1.29 is 9.90 Å². The van der Waals surface area contributed by atoms with Crippen LogP contribution in [-0.2, 0) is 4.79 Å². The van der Waals surface area contributed by atoms with E-state index >= 15 is 0 Å². The van der Waals surface area contributed by atoms with Crippen LogP contribution < -0.4 is 0 Å². The van der Waals surface area contributed by atoms with Gasteiger partial charge in [0.1, 0.15) is 5.78 Å². The second kappa shape index (κ2) is 4.48. The summed E-state index contributed by atoms with van der Waals surface area (Å²) >= 11 is 0. The van der Waals surface area contributed by atoms with Gasteiger partial charge in [-0.25, -0.2) is 0 Å². The van der Waals surface area contributed by atoms with Crippen molar-refractivity contribution in [3.8, 4) is 0 Å². The van der Waals surface area contributed by atoms with Crippen LogP contribution in [0.1, 0.15) is 30.9 Å². The Morgan fingerprint density at radius 2 is 2.00 bits per heavy atom. The van der Waals surface area contributed by atoms with Gasteiger partial charge in [0, 0.05) is 18.5 Å². The Balaban J connectivity index is 1.89. The first kappa shape index (κ1) is 11.9. The summed E-state index contributed by atoms with van der Waals surface area (Å²) in [7, 11) is 2.08. The van der Waals surface area contributed by atoms with Gasteiger partial charge in [0.25, 0.3) is 0 Å². The van der Waals surface area contributed by atoms with Crippen molar-refractivity contribution in [1.29, 1.82) is 0 Å². The lowest BCUT2D eigenvalue weighted by molar-refractivity contribution is -0.134. The average molecular weight is 245 g/mol. The number of aliphatic hydroxyl groups is 1. The summed E-state index contributed by atoms with van der Waals surface area (Å²) in [6.45, 7) is 0. The first-order chi connectivity index (χ1) is 8.68. The predicted molar refractivity (Wildman–Crippen MR) is 69.1 cm³/mol. The molecule has 4 atom stereocenters. The third kappa shape index (κ3) is 1.78. The van der Waals surface area contributed by atoms with E-state index in [1.165, 1.54) is 0 Å². The van der Waals surface area contributed by atoms with Crippen molar-refractivity contribution in [3.63, 3.8) is 0 Å². The number of aliphatic hydroxyl groups excluding tert-OH is 1. The Morgan fingerprint density at radius 1 is 1.28 bits per heavy atom. The first-order valence-electron chi connectivity index (χ1n) is 6.66. The molecule has 18 heavy (non-hydrogen) atoms. The summed E-state index contributed by atoms with van der Waals surface area (Å²) < 4.78 is 0. The Morgan fingerprint density at radius 3 is 2.72 bits per heavy atom. The summed E-state index contributed by atoms with van der Waals surface area (Å²) in [6.07, 6.45) is 2.05. The van der Waals surface area contributed by atoms with Gasteiger partial charge in [-0.15, -0.1) is 0 Å². The normalized spacial score (nSPS) is 33.7. The van der Waals surface area contributed by atoms with Crippen molar-refractivity contribution in [2.75, 3.05) is 7.05 Å². The zero-order valence-electron chi connectivity index (χ0n) is 10.6. The third-order valence-electron chi connectivity index (χ3n) is 4.60. The van der Waals surface area contributed by atoms with Crippen LogP contribution in [0.2, 0.25) is 0 Å². The van der Waals surface area contributed by atoms with Crippen LogP contribution in [0.5, 0.6) is 0 Å². The number of Topliss-reactive ketones (excluding diaryl/α,β-unsaturated/α-hetero) is 1. The number of carbonyl (C=O) groups excluding carboxylic acids is 1. The minimum atomic E-state index is -0.662. The van der Waals surface area contributed by atoms with Crippen molar-refractivity contribution >= 4 is 5.78 Å². The van der Waals surface area contributed by atoms with Crippen LogP contribution in [0.25, 0.3) is 0 Å². The molecule has 0 spiro atoms. The van der Waals surface area contributed by atoms with E-state index in [4.69, 9.17) is 0 Å². The summed E-state index contributed by atoms with van der Waals surface area (Å²) in [5.74, 6) is -0.0203. The van der Waals surface area contributed by atoms with Gasteiger partial charge >= 0.3 is 0 Å². The van der Waals surface area contributed by atoms with Crippen molar-refractivity contribution in [3.05, 3.63) is 35.9 Å². The lowest BCUT2D eigenvalue weighted by Crippen LogP contribution is -2.49. The predicted octanol–water partition coefficient (Wildman–Crippen LogP) is 1.77. The quantitative estimate of drug-likeness (QED) is 0.863. The van der Waals surface area contributed by atoms with E-state index in [2.05, 4.69) is 11.9 Å². The molecule has 0 saturated carbocycles. The van der Waals surface area contributed by atoms with Gasteiger partial charge in [0.15, 0.2) is 0 Å². The smallest absolute Gasteiger partial charge is 0.142 e. The maximum absolute atomic E-state index is 12.2. The SMILES string of the molecule is CN1[C@@H]2CC[C@H]1[C@H]([C@@H](O)c1ccccc1)C(=O)C2. The number of nitrogens with zero attached hydrogens (tertiary/aromatic N) is 1. The van der Waals surface area contributed by atoms with E-state index in [9.17, 15) is 9.90 Å². The minimum Gasteiger partial charge on any atom is -0.388 e. The maximum Gasteiger partial charge on any atom is 0.142 e. The largest absolute Gasteiger partial charge is 0.388 e. The lowest BCUT2D eigenvalue weighted by atomic mass is 9.82. The van der Waals surface area contributed by atoms with Gasteiger partial charge < -0.3 is 5.11 Å². The van der Waals surface area contributed by atoms with Crippen LogP contribution in [0, 0.1) is 5.92 Å². The molecule has 3 heteroatoms. The fraction of sp³-hybridized carbons (Fsp3) is 0.533. The molecular weight excluding hydrogens is 226 g/mol. The van der Waals surface area contributed by atoms with Gasteiger partial charge in [-0.05, 0) is 25.5 Å². The molecule has 0 unspecified atom stereocenters. The molecule has 2 saturated heterocycles. The molecule has 2 bridgehead atoms. The van der Waals surface area contributed by atoms with Crippen LogP contribution in [0.4, 0.5) is 0 Å². The van der Waals surface area contributed by atoms with E-state index in [1.54, 1.807) is 0 Å². The molecule has 0 radical (unpaired) electrons. The van der Waals surface area contributed by atoms with Crippen LogP contribution in [0.15, 0.2) is 30.3 Å². The Kier molecular flexibility index (Phi) is 2.96. The highest BCUT2D eigenvalue weighted by atomic mass is 16.3. The number of ketones is 1. The van der Waals surface area contributed by atoms with Crippen LogP contribution in [-0.4, -0.2) is 34.9 Å². The standard InChI is InChI=1S/C15H19NO2/c1-16-11-7-8-12(16)14(13(17)9-11)15(18)10-5-3-2-4-6-10/h2-6,11-12,14-15,18H,7-9H2,1H3/t11-,12+,14+,15+/m1/s1. The van der Waals surface area contributed by atoms with Crippen molar-refractivity contribution in [1.82, 2.24) is 4.90 Å². The molecule has 0 amide bonds. The molecule has 2 aliphatic heterocycles. The van der Waals surface area contributed by atoms with E-state index in [0.717, 1.165) is 18.4 Å². The lowest BCUT2D eigenvalue weighted by Gasteiger charge is -2.38. The fourth-order valence-electron chi connectivity index (χ4n) is 3.55. The molecule has 1 N–H and O–H groups in total. The van der Waals surface area contributed by atoms with Crippen LogP contribution in [0.3, 0.4) is 0 Å². The minimum absolute atomic E-state index is 0.214. The van der Waals surface area contributed by atoms with Gasteiger partial charge in [-0.3, -0.25) is 9.69 Å². The molecule has 2 aliphatic rings. The number of fused-ring (bicyclic) bond motifs is 2. The molecule has 1 aromatic carbocycles. The average Bonchev–Trinajstić information content (AvgIpc) is 2.63. The topological polar surface area (TPSA) is 40.5 Å². The highest BCUT2D eigenvalue weighted by molar-refractivity contribution is 5.84. The van der Waals surface area contributed by atoms with Crippen molar-refractivity contribution in [2.45, 2.75) is 37.5 Å². The zero-order valence-corrected chi connectivity index (χ0v) is 10.6. The summed E-state index contributed by atoms with van der Waals surface area (Å²) in [5, 5.41) is 10.5. The monoisotopic (exact) mass is 245 g/mol. The van der Waals surface area contributed by atoms with Gasteiger partial charge in [-0.1, -0.05) is 30.3 Å². The second-order valence-electron chi connectivity index (χ2n) is 5.52. The Hall–Kier alpha value is -1.19. The number of hydrogen-bond acceptors (Lipinski definition) is 3. The summed E-state index contributed by atoms with van der Waals surface area (Å²) in [5.41, 5.74) is 0.856. The molecule has 0 aliphatic carbocycles. The molecule has 2 fully saturated rings. The first-order valence-corrected chi connectivity index (χ1v) is 6.66. The molecular formula is C15H19NO2. The molecule has 96 valence electrons. The number of piperidine rings is 1. The maximum atomic E-state index is 12.2. The van der Waals surface area contributed by atoms with Gasteiger partial charge in [-0.2, -0.15) is 0 Å². The molecule has 1 aromatic rings. The van der Waals surface area contributed by atoms with E-state index in [0.29, 0.717) is 12.5 Å². The molecule has 0 aromatic heterocycles. The number of rotatable bonds is 2. The fourth-order valence-corrected chi connectivity index (χ4v) is 3.55. The van der Waals surface area contributed by atoms with Crippen molar-refractivity contribution in [2.24, 2.45) is 5.92 Å². The molecule has 2 heterocycles. The highest BCUT2D eigenvalue weighted by Gasteiger charge is 2.47. The Bertz CT molecular complexity index is 445. The van der Waals surface area contributed by atoms with E-state index in [-0.39, 0.29) is 17.7 Å².